The van der Waals surface area contributed by atoms with Crippen LogP contribution in [0.5, 0.6) is 0 Å². The standard InChI is InChI=1S/C28H33F3N2O3/c1-36-27(35)24-7-3-2-5-19(24)9-10-20-6-4-8-25(20)32-26(34)21-15-17-33(18-16-21)23-13-11-22(12-14-23)28(29,30)31/h2-3,5,7,11-14,20-21,25H,4,6,8-10,15-18H2,1H3,(H,32,34)/t20-,25-/m0/s1. The van der Waals surface area contributed by atoms with Gasteiger partial charge in [0.25, 0.3) is 0 Å². The molecule has 1 N–H and O–H groups in total. The van der Waals surface area contributed by atoms with Crippen LogP contribution in [0.15, 0.2) is 48.5 Å². The number of esters is 1. The molecule has 1 saturated carbocycles. The van der Waals surface area contributed by atoms with Crippen molar-refractivity contribution in [3.63, 3.8) is 0 Å². The summed E-state index contributed by atoms with van der Waals surface area (Å²) >= 11 is 0. The summed E-state index contributed by atoms with van der Waals surface area (Å²) in [6, 6.07) is 12.9. The number of ether oxygens (including phenoxy) is 1. The number of methoxy groups -OCH3 is 1. The second-order valence-corrected chi connectivity index (χ2v) is 9.80. The maximum absolute atomic E-state index is 13.0. The molecule has 0 bridgehead atoms. The van der Waals surface area contributed by atoms with Crippen LogP contribution >= 0.6 is 0 Å². The molecule has 2 aromatic carbocycles. The number of carbonyl (C=O) groups excluding carboxylic acids is 2. The molecule has 0 unspecified atom stereocenters. The quantitative estimate of drug-likeness (QED) is 0.499. The van der Waals surface area contributed by atoms with E-state index in [0.717, 1.165) is 55.5 Å². The Bertz CT molecular complexity index is 1050. The van der Waals surface area contributed by atoms with Gasteiger partial charge in [0.15, 0.2) is 0 Å². The number of aryl methyl sites for hydroxylation is 1. The van der Waals surface area contributed by atoms with Crippen molar-refractivity contribution < 1.29 is 27.5 Å². The summed E-state index contributed by atoms with van der Waals surface area (Å²) in [6.07, 6.45) is 1.75. The number of anilines is 1. The molecule has 1 amide bonds. The van der Waals surface area contributed by atoms with Gasteiger partial charge >= 0.3 is 12.1 Å². The zero-order valence-corrected chi connectivity index (χ0v) is 20.5. The lowest BCUT2D eigenvalue weighted by Crippen LogP contribution is -2.45. The Morgan fingerprint density at radius 2 is 1.69 bits per heavy atom. The van der Waals surface area contributed by atoms with Crippen LogP contribution in [0.3, 0.4) is 0 Å². The van der Waals surface area contributed by atoms with Crippen LogP contribution in [0.4, 0.5) is 18.9 Å². The monoisotopic (exact) mass is 502 g/mol. The van der Waals surface area contributed by atoms with Gasteiger partial charge in [-0.05, 0) is 80.3 Å². The molecule has 0 spiro atoms. The molecule has 1 aliphatic carbocycles. The highest BCUT2D eigenvalue weighted by Gasteiger charge is 2.33. The van der Waals surface area contributed by atoms with E-state index in [-0.39, 0.29) is 23.8 Å². The first-order valence-corrected chi connectivity index (χ1v) is 12.6. The third kappa shape index (κ3) is 6.20. The van der Waals surface area contributed by atoms with E-state index in [1.807, 2.05) is 23.1 Å². The summed E-state index contributed by atoms with van der Waals surface area (Å²) in [5, 5.41) is 3.29. The number of amides is 1. The van der Waals surface area contributed by atoms with E-state index in [2.05, 4.69) is 5.32 Å². The van der Waals surface area contributed by atoms with Gasteiger partial charge in [-0.25, -0.2) is 4.79 Å². The highest BCUT2D eigenvalue weighted by Crippen LogP contribution is 2.33. The van der Waals surface area contributed by atoms with E-state index < -0.39 is 11.7 Å². The van der Waals surface area contributed by atoms with Crippen molar-refractivity contribution in [2.24, 2.45) is 11.8 Å². The highest BCUT2D eigenvalue weighted by atomic mass is 19.4. The number of benzene rings is 2. The Morgan fingerprint density at radius 1 is 1.00 bits per heavy atom. The Balaban J connectivity index is 1.27. The molecule has 5 nitrogen and oxygen atoms in total. The van der Waals surface area contributed by atoms with Crippen LogP contribution in [0.1, 0.15) is 60.0 Å². The zero-order valence-electron chi connectivity index (χ0n) is 20.5. The van der Waals surface area contributed by atoms with Gasteiger partial charge in [0.05, 0.1) is 18.2 Å². The second-order valence-electron chi connectivity index (χ2n) is 9.80. The molecule has 36 heavy (non-hydrogen) atoms. The average molecular weight is 503 g/mol. The first kappa shape index (κ1) is 26.0. The van der Waals surface area contributed by atoms with E-state index in [1.54, 1.807) is 6.07 Å². The van der Waals surface area contributed by atoms with Gasteiger partial charge in [0.2, 0.25) is 5.91 Å². The molecule has 0 aromatic heterocycles. The molecule has 0 radical (unpaired) electrons. The van der Waals surface area contributed by atoms with Crippen LogP contribution < -0.4 is 10.2 Å². The summed E-state index contributed by atoms with van der Waals surface area (Å²) in [5.74, 6) is 0.0299. The molecular weight excluding hydrogens is 469 g/mol. The third-order valence-corrected chi connectivity index (χ3v) is 7.62. The number of carbonyl (C=O) groups is 2. The topological polar surface area (TPSA) is 58.6 Å². The smallest absolute Gasteiger partial charge is 0.416 e. The number of piperidine rings is 1. The maximum atomic E-state index is 13.0. The molecule has 1 heterocycles. The SMILES string of the molecule is COC(=O)c1ccccc1CC[C@@H]1CCC[C@@H]1NC(=O)C1CCN(c2ccc(C(F)(F)F)cc2)CC1. The predicted octanol–water partition coefficient (Wildman–Crippen LogP) is 5.63. The van der Waals surface area contributed by atoms with Gasteiger partial charge in [0.1, 0.15) is 0 Å². The molecule has 4 rings (SSSR count). The minimum atomic E-state index is -4.34. The van der Waals surface area contributed by atoms with Gasteiger partial charge in [-0.15, -0.1) is 0 Å². The lowest BCUT2D eigenvalue weighted by molar-refractivity contribution is -0.137. The lowest BCUT2D eigenvalue weighted by atomic mass is 9.91. The van der Waals surface area contributed by atoms with Crippen molar-refractivity contribution in [3.8, 4) is 0 Å². The fourth-order valence-corrected chi connectivity index (χ4v) is 5.52. The van der Waals surface area contributed by atoms with Gasteiger partial charge < -0.3 is 15.0 Å². The maximum Gasteiger partial charge on any atom is 0.416 e. The van der Waals surface area contributed by atoms with Gasteiger partial charge in [-0.1, -0.05) is 24.6 Å². The van der Waals surface area contributed by atoms with Crippen molar-refractivity contribution >= 4 is 17.6 Å². The van der Waals surface area contributed by atoms with E-state index in [0.29, 0.717) is 37.4 Å². The van der Waals surface area contributed by atoms with E-state index in [9.17, 15) is 22.8 Å². The Labute approximate surface area is 210 Å². The molecule has 2 atom stereocenters. The first-order chi connectivity index (χ1) is 17.3. The zero-order chi connectivity index (χ0) is 25.7. The molecule has 2 aromatic rings. The largest absolute Gasteiger partial charge is 0.465 e. The summed E-state index contributed by atoms with van der Waals surface area (Å²) in [6.45, 7) is 1.28. The number of nitrogens with zero attached hydrogens (tertiary/aromatic N) is 1. The summed E-state index contributed by atoms with van der Waals surface area (Å²) in [4.78, 5) is 27.1. The van der Waals surface area contributed by atoms with Crippen molar-refractivity contribution in [2.75, 3.05) is 25.1 Å². The Hall–Kier alpha value is -3.03. The molecule has 8 heteroatoms. The summed E-state index contributed by atoms with van der Waals surface area (Å²) < 4.78 is 43.4. The minimum Gasteiger partial charge on any atom is -0.465 e. The molecular formula is C28H33F3N2O3. The fourth-order valence-electron chi connectivity index (χ4n) is 5.52. The fraction of sp³-hybridized carbons (Fsp3) is 0.500. The van der Waals surface area contributed by atoms with Gasteiger partial charge in [-0.3, -0.25) is 4.79 Å². The normalized spacial score (nSPS) is 20.8. The van der Waals surface area contributed by atoms with E-state index in [1.165, 1.54) is 19.2 Å². The van der Waals surface area contributed by atoms with Gasteiger partial charge in [-0.2, -0.15) is 13.2 Å². The molecule has 1 aliphatic heterocycles. The third-order valence-electron chi connectivity index (χ3n) is 7.62. The molecule has 2 fully saturated rings. The van der Waals surface area contributed by atoms with Crippen LogP contribution in [-0.4, -0.2) is 38.1 Å². The van der Waals surface area contributed by atoms with Crippen LogP contribution in [0.2, 0.25) is 0 Å². The number of alkyl halides is 3. The first-order valence-electron chi connectivity index (χ1n) is 12.6. The van der Waals surface area contributed by atoms with E-state index >= 15 is 0 Å². The summed E-state index contributed by atoms with van der Waals surface area (Å²) in [5.41, 5.74) is 1.67. The van der Waals surface area contributed by atoms with Crippen molar-refractivity contribution in [3.05, 3.63) is 65.2 Å². The number of halogens is 3. The van der Waals surface area contributed by atoms with Crippen molar-refractivity contribution in [2.45, 2.75) is 57.2 Å². The molecule has 1 saturated heterocycles. The Morgan fingerprint density at radius 3 is 2.36 bits per heavy atom. The van der Waals surface area contributed by atoms with E-state index in [4.69, 9.17) is 4.74 Å². The highest BCUT2D eigenvalue weighted by molar-refractivity contribution is 5.91. The molecule has 194 valence electrons. The van der Waals surface area contributed by atoms with Crippen molar-refractivity contribution in [1.82, 2.24) is 5.32 Å². The average Bonchev–Trinajstić information content (AvgIpc) is 3.33. The number of nitrogens with one attached hydrogen (secondary N) is 1. The predicted molar refractivity (Wildman–Crippen MR) is 132 cm³/mol. The number of rotatable bonds is 7. The van der Waals surface area contributed by atoms with Crippen LogP contribution in [0.25, 0.3) is 0 Å². The molecule has 2 aliphatic rings. The lowest BCUT2D eigenvalue weighted by Gasteiger charge is -2.34. The summed E-state index contributed by atoms with van der Waals surface area (Å²) in [7, 11) is 1.38. The number of hydrogen-bond acceptors (Lipinski definition) is 4. The Kier molecular flexibility index (Phi) is 8.21. The van der Waals surface area contributed by atoms with Crippen LogP contribution in [-0.2, 0) is 22.1 Å². The minimum absolute atomic E-state index is 0.0777. The van der Waals surface area contributed by atoms with Crippen LogP contribution in [0, 0.1) is 11.8 Å². The second kappa shape index (κ2) is 11.4. The number of hydrogen-bond donors (Lipinski definition) is 1. The van der Waals surface area contributed by atoms with Crippen molar-refractivity contribution in [1.29, 1.82) is 0 Å². The van der Waals surface area contributed by atoms with Gasteiger partial charge in [0, 0.05) is 30.7 Å².